The maximum Gasteiger partial charge on any atom is 0.315 e. The van der Waals surface area contributed by atoms with Gasteiger partial charge >= 0.3 is 6.03 Å². The van der Waals surface area contributed by atoms with E-state index in [-0.39, 0.29) is 24.0 Å². The number of urea groups is 1. The van der Waals surface area contributed by atoms with Gasteiger partial charge in [-0.15, -0.1) is 0 Å². The number of aromatic nitrogens is 2. The summed E-state index contributed by atoms with van der Waals surface area (Å²) >= 11 is 0. The van der Waals surface area contributed by atoms with Crippen molar-refractivity contribution in [2.75, 3.05) is 6.61 Å². The molecule has 2 amide bonds. The van der Waals surface area contributed by atoms with Crippen LogP contribution in [-0.2, 0) is 11.3 Å². The van der Waals surface area contributed by atoms with Gasteiger partial charge in [-0.1, -0.05) is 18.0 Å². The summed E-state index contributed by atoms with van der Waals surface area (Å²) in [5, 5.41) is 9.92. The Kier molecular flexibility index (Phi) is 4.20. The Morgan fingerprint density at radius 1 is 1.38 bits per heavy atom. The summed E-state index contributed by atoms with van der Waals surface area (Å²) in [7, 11) is 0. The van der Waals surface area contributed by atoms with Gasteiger partial charge in [-0.2, -0.15) is 4.98 Å². The van der Waals surface area contributed by atoms with Gasteiger partial charge in [-0.25, -0.2) is 4.79 Å². The van der Waals surface area contributed by atoms with Crippen LogP contribution in [0.1, 0.15) is 69.5 Å². The smallest absolute Gasteiger partial charge is 0.315 e. The van der Waals surface area contributed by atoms with Crippen LogP contribution in [-0.4, -0.2) is 34.9 Å². The van der Waals surface area contributed by atoms with Crippen molar-refractivity contribution in [2.24, 2.45) is 5.41 Å². The second kappa shape index (κ2) is 6.35. The monoisotopic (exact) mass is 334 g/mol. The van der Waals surface area contributed by atoms with Crippen LogP contribution in [0.5, 0.6) is 0 Å². The molecule has 0 radical (unpaired) electrons. The number of carbonyl (C=O) groups excluding carboxylic acids is 1. The number of ether oxygens (including phenoxy) is 1. The highest BCUT2D eigenvalue weighted by atomic mass is 16.5. The molecular formula is C17H26N4O3. The second-order valence-electron chi connectivity index (χ2n) is 7.32. The maximum atomic E-state index is 12.2. The molecule has 0 aliphatic heterocycles. The number of carbonyl (C=O) groups is 1. The van der Waals surface area contributed by atoms with Gasteiger partial charge in [0.15, 0.2) is 5.82 Å². The van der Waals surface area contributed by atoms with Gasteiger partial charge in [-0.05, 0) is 39.0 Å². The average Bonchev–Trinajstić information content (AvgIpc) is 3.11. The van der Waals surface area contributed by atoms with Gasteiger partial charge in [0, 0.05) is 24.0 Å². The molecule has 3 aliphatic rings. The minimum atomic E-state index is -0.160. The van der Waals surface area contributed by atoms with Crippen LogP contribution in [0.2, 0.25) is 0 Å². The zero-order chi connectivity index (χ0) is 16.6. The summed E-state index contributed by atoms with van der Waals surface area (Å²) < 4.78 is 11.1. The largest absolute Gasteiger partial charge is 0.378 e. The van der Waals surface area contributed by atoms with Crippen molar-refractivity contribution in [1.29, 1.82) is 0 Å². The molecule has 7 heteroatoms. The van der Waals surface area contributed by atoms with E-state index in [4.69, 9.17) is 9.26 Å². The average molecular weight is 334 g/mol. The number of nitrogens with one attached hydrogen (secondary N) is 2. The lowest BCUT2D eigenvalue weighted by molar-refractivity contribution is -0.126. The molecule has 1 spiro atoms. The van der Waals surface area contributed by atoms with Crippen LogP contribution < -0.4 is 10.6 Å². The Morgan fingerprint density at radius 2 is 2.17 bits per heavy atom. The van der Waals surface area contributed by atoms with Crippen molar-refractivity contribution in [1.82, 2.24) is 20.8 Å². The fourth-order valence-electron chi connectivity index (χ4n) is 4.30. The van der Waals surface area contributed by atoms with Crippen LogP contribution in [0.4, 0.5) is 4.79 Å². The first-order chi connectivity index (χ1) is 11.7. The Balaban J connectivity index is 1.27. The molecule has 3 aliphatic carbocycles. The molecule has 0 saturated heterocycles. The highest BCUT2D eigenvalue weighted by Crippen LogP contribution is 2.54. The van der Waals surface area contributed by atoms with Gasteiger partial charge < -0.3 is 19.9 Å². The molecule has 2 N–H and O–H groups in total. The van der Waals surface area contributed by atoms with Gasteiger partial charge in [0.2, 0.25) is 5.89 Å². The molecule has 3 fully saturated rings. The number of nitrogens with zero attached hydrogens (tertiary/aromatic N) is 2. The van der Waals surface area contributed by atoms with Crippen LogP contribution in [0.15, 0.2) is 4.52 Å². The predicted octanol–water partition coefficient (Wildman–Crippen LogP) is 2.48. The quantitative estimate of drug-likeness (QED) is 0.834. The zero-order valence-electron chi connectivity index (χ0n) is 14.2. The minimum absolute atomic E-state index is 0.150. The number of hydrogen-bond acceptors (Lipinski definition) is 5. The first-order valence-electron chi connectivity index (χ1n) is 9.20. The fourth-order valence-corrected chi connectivity index (χ4v) is 4.30. The lowest BCUT2D eigenvalue weighted by Crippen LogP contribution is -2.64. The number of rotatable bonds is 6. The van der Waals surface area contributed by atoms with E-state index in [1.807, 2.05) is 6.92 Å². The Hall–Kier alpha value is -1.63. The minimum Gasteiger partial charge on any atom is -0.378 e. The van der Waals surface area contributed by atoms with Crippen LogP contribution >= 0.6 is 0 Å². The lowest BCUT2D eigenvalue weighted by Gasteiger charge is -2.53. The van der Waals surface area contributed by atoms with E-state index >= 15 is 0 Å². The lowest BCUT2D eigenvalue weighted by atomic mass is 9.60. The van der Waals surface area contributed by atoms with Gasteiger partial charge in [0.1, 0.15) is 0 Å². The third-order valence-corrected chi connectivity index (χ3v) is 5.82. The standard InChI is InChI=1S/C17H26N4O3/c1-2-23-13-9-12(17(13)7-3-4-8-17)19-16(22)18-10-14-20-15(21-24-14)11-5-6-11/h11-13H,2-10H2,1H3,(H2,18,19,22)/t12-,13+/m0/s1. The molecule has 1 aromatic heterocycles. The number of hydrogen-bond donors (Lipinski definition) is 2. The summed E-state index contributed by atoms with van der Waals surface area (Å²) in [4.78, 5) is 16.5. The van der Waals surface area contributed by atoms with E-state index in [0.717, 1.165) is 44.5 Å². The highest BCUT2D eigenvalue weighted by molar-refractivity contribution is 5.74. The Bertz CT molecular complexity index is 592. The first kappa shape index (κ1) is 15.9. The van der Waals surface area contributed by atoms with Gasteiger partial charge in [0.05, 0.1) is 12.6 Å². The highest BCUT2D eigenvalue weighted by Gasteiger charge is 2.57. The molecule has 0 bridgehead atoms. The Labute approximate surface area is 141 Å². The van der Waals surface area contributed by atoms with E-state index in [1.54, 1.807) is 0 Å². The maximum absolute atomic E-state index is 12.2. The van der Waals surface area contributed by atoms with Crippen molar-refractivity contribution in [2.45, 2.75) is 76.5 Å². The summed E-state index contributed by atoms with van der Waals surface area (Å²) in [5.74, 6) is 1.71. The van der Waals surface area contributed by atoms with Crippen molar-refractivity contribution in [3.8, 4) is 0 Å². The molecule has 132 valence electrons. The third-order valence-electron chi connectivity index (χ3n) is 5.82. The molecule has 1 heterocycles. The Morgan fingerprint density at radius 3 is 2.88 bits per heavy atom. The molecule has 0 aromatic carbocycles. The van der Waals surface area contributed by atoms with Crippen molar-refractivity contribution in [3.05, 3.63) is 11.7 Å². The normalized spacial score (nSPS) is 27.9. The topological polar surface area (TPSA) is 89.3 Å². The van der Waals surface area contributed by atoms with E-state index in [1.165, 1.54) is 12.8 Å². The summed E-state index contributed by atoms with van der Waals surface area (Å²) in [6, 6.07) is 0.0497. The zero-order valence-corrected chi connectivity index (χ0v) is 14.2. The molecule has 2 atom stereocenters. The second-order valence-corrected chi connectivity index (χ2v) is 7.32. The van der Waals surface area contributed by atoms with Crippen molar-refractivity contribution >= 4 is 6.03 Å². The molecule has 0 unspecified atom stereocenters. The van der Waals surface area contributed by atoms with Crippen LogP contribution in [0.25, 0.3) is 0 Å². The SMILES string of the molecule is CCO[C@@H]1C[C@H](NC(=O)NCc2nc(C3CC3)no2)C12CCCC2. The van der Waals surface area contributed by atoms with Crippen molar-refractivity contribution < 1.29 is 14.1 Å². The predicted molar refractivity (Wildman–Crippen MR) is 86.4 cm³/mol. The fraction of sp³-hybridized carbons (Fsp3) is 0.824. The molecule has 24 heavy (non-hydrogen) atoms. The molecule has 4 rings (SSSR count). The molecule has 1 aromatic rings. The van der Waals surface area contributed by atoms with E-state index in [9.17, 15) is 4.79 Å². The first-order valence-corrected chi connectivity index (χ1v) is 9.20. The molecule has 7 nitrogen and oxygen atoms in total. The molecule has 3 saturated carbocycles. The van der Waals surface area contributed by atoms with E-state index in [2.05, 4.69) is 20.8 Å². The van der Waals surface area contributed by atoms with Gasteiger partial charge in [0.25, 0.3) is 0 Å². The van der Waals surface area contributed by atoms with E-state index < -0.39 is 0 Å². The van der Waals surface area contributed by atoms with Crippen molar-refractivity contribution in [3.63, 3.8) is 0 Å². The summed E-state index contributed by atoms with van der Waals surface area (Å²) in [5.41, 5.74) is 0.150. The summed E-state index contributed by atoms with van der Waals surface area (Å²) in [6.45, 7) is 3.06. The summed E-state index contributed by atoms with van der Waals surface area (Å²) in [6.07, 6.45) is 8.24. The van der Waals surface area contributed by atoms with Crippen LogP contribution in [0.3, 0.4) is 0 Å². The number of amides is 2. The van der Waals surface area contributed by atoms with Crippen LogP contribution in [0, 0.1) is 5.41 Å². The van der Waals surface area contributed by atoms with Gasteiger partial charge in [-0.3, -0.25) is 0 Å². The molecular weight excluding hydrogens is 308 g/mol. The third kappa shape index (κ3) is 2.90. The van der Waals surface area contributed by atoms with E-state index in [0.29, 0.717) is 17.9 Å².